The molecule has 224 valence electrons. The molecule has 0 aromatic heterocycles. The highest BCUT2D eigenvalue weighted by Gasteiger charge is 2.24. The molecular formula is C35H50N2O4. The van der Waals surface area contributed by atoms with Crippen LogP contribution in [0, 0.1) is 0 Å². The molecule has 2 aliphatic heterocycles. The van der Waals surface area contributed by atoms with E-state index in [9.17, 15) is 4.79 Å². The average Bonchev–Trinajstić information content (AvgIpc) is 3.01. The lowest BCUT2D eigenvalue weighted by Gasteiger charge is -2.33. The van der Waals surface area contributed by atoms with Crippen molar-refractivity contribution in [1.82, 2.24) is 9.80 Å². The summed E-state index contributed by atoms with van der Waals surface area (Å²) in [5.41, 5.74) is 4.25. The second-order valence-corrected chi connectivity index (χ2v) is 11.6. The maximum Gasteiger partial charge on any atom is 0.167 e. The summed E-state index contributed by atoms with van der Waals surface area (Å²) in [4.78, 5) is 15.9. The summed E-state index contributed by atoms with van der Waals surface area (Å²) in [6.07, 6.45) is 21.2. The van der Waals surface area contributed by atoms with Crippen molar-refractivity contribution in [3.63, 3.8) is 0 Å². The second-order valence-electron chi connectivity index (χ2n) is 11.6. The summed E-state index contributed by atoms with van der Waals surface area (Å²) in [6.45, 7) is 6.77. The molecular weight excluding hydrogens is 512 g/mol. The summed E-state index contributed by atoms with van der Waals surface area (Å²) < 4.78 is 17.6. The minimum absolute atomic E-state index is 0.509. The van der Waals surface area contributed by atoms with E-state index in [0.29, 0.717) is 24.8 Å². The second kappa shape index (κ2) is 17.2. The van der Waals surface area contributed by atoms with Gasteiger partial charge in [-0.1, -0.05) is 69.7 Å². The Morgan fingerprint density at radius 3 is 2.22 bits per heavy atom. The van der Waals surface area contributed by atoms with E-state index in [0.717, 1.165) is 55.9 Å². The molecule has 0 aliphatic carbocycles. The monoisotopic (exact) mass is 562 g/mol. The van der Waals surface area contributed by atoms with Crippen molar-refractivity contribution in [3.8, 4) is 17.2 Å². The van der Waals surface area contributed by atoms with Crippen LogP contribution >= 0.6 is 0 Å². The van der Waals surface area contributed by atoms with Crippen molar-refractivity contribution in [1.29, 1.82) is 0 Å². The number of carbonyl (C=O) groups is 1. The van der Waals surface area contributed by atoms with Crippen molar-refractivity contribution >= 4 is 6.29 Å². The van der Waals surface area contributed by atoms with Crippen molar-refractivity contribution in [2.75, 3.05) is 33.7 Å². The average molecular weight is 563 g/mol. The number of hydrogen-bond acceptors (Lipinski definition) is 6. The minimum Gasteiger partial charge on any atom is -0.493 e. The molecule has 6 heteroatoms. The lowest BCUT2D eigenvalue weighted by molar-refractivity contribution is 0.0509. The quantitative estimate of drug-likeness (QED) is 0.104. The van der Waals surface area contributed by atoms with Crippen molar-refractivity contribution < 1.29 is 19.0 Å². The molecule has 4 rings (SSSR count). The van der Waals surface area contributed by atoms with Crippen LogP contribution in [0.2, 0.25) is 0 Å². The Balaban J connectivity index is 1.10. The van der Waals surface area contributed by atoms with Crippen LogP contribution in [0.15, 0.2) is 42.5 Å². The van der Waals surface area contributed by atoms with Gasteiger partial charge in [0.2, 0.25) is 0 Å². The van der Waals surface area contributed by atoms with Crippen molar-refractivity contribution in [3.05, 3.63) is 64.7 Å². The number of hydrogen-bond donors (Lipinski definition) is 0. The van der Waals surface area contributed by atoms with Gasteiger partial charge in [0, 0.05) is 42.9 Å². The van der Waals surface area contributed by atoms with Crippen LogP contribution in [0.5, 0.6) is 17.2 Å². The van der Waals surface area contributed by atoms with Crippen molar-refractivity contribution in [2.45, 2.75) is 97.1 Å². The Bertz CT molecular complexity index is 1120. The van der Waals surface area contributed by atoms with E-state index in [-0.39, 0.29) is 0 Å². The summed E-state index contributed by atoms with van der Waals surface area (Å²) >= 11 is 0. The third kappa shape index (κ3) is 9.89. The van der Waals surface area contributed by atoms with E-state index < -0.39 is 0 Å². The molecule has 41 heavy (non-hydrogen) atoms. The normalized spacial score (nSPS) is 15.3. The molecule has 2 heterocycles. The minimum atomic E-state index is 0.509. The van der Waals surface area contributed by atoms with E-state index in [1.54, 1.807) is 13.2 Å². The largest absolute Gasteiger partial charge is 0.493 e. The Morgan fingerprint density at radius 1 is 0.805 bits per heavy atom. The molecule has 0 spiro atoms. The predicted molar refractivity (Wildman–Crippen MR) is 166 cm³/mol. The van der Waals surface area contributed by atoms with E-state index in [2.05, 4.69) is 47.1 Å². The molecule has 0 unspecified atom stereocenters. The van der Waals surface area contributed by atoms with Gasteiger partial charge in [0.25, 0.3) is 0 Å². The van der Waals surface area contributed by atoms with Gasteiger partial charge in [-0.2, -0.15) is 0 Å². The number of aryl methyl sites for hydroxylation is 1. The SMILES string of the molecule is CCCCCC/C=C/CCCCCCCc1ccc2c(c1)OCN(CCN1COc3c(cc(C=O)cc3OC)C1)C2. The number of ether oxygens (including phenoxy) is 3. The van der Waals surface area contributed by atoms with Crippen LogP contribution < -0.4 is 14.2 Å². The number of fused-ring (bicyclic) bond motifs is 2. The smallest absolute Gasteiger partial charge is 0.167 e. The number of benzene rings is 2. The van der Waals surface area contributed by atoms with Crippen LogP contribution in [0.4, 0.5) is 0 Å². The maximum atomic E-state index is 11.3. The molecule has 0 atom stereocenters. The van der Waals surface area contributed by atoms with E-state index >= 15 is 0 Å². The lowest BCUT2D eigenvalue weighted by atomic mass is 10.0. The molecule has 0 saturated carbocycles. The van der Waals surface area contributed by atoms with Crippen LogP contribution in [0.1, 0.15) is 105 Å². The van der Waals surface area contributed by atoms with Crippen LogP contribution in [-0.2, 0) is 19.5 Å². The topological polar surface area (TPSA) is 51.2 Å². The van der Waals surface area contributed by atoms with E-state index in [1.165, 1.54) is 81.8 Å². The number of carbonyl (C=O) groups excluding carboxylic acids is 1. The number of unbranched alkanes of at least 4 members (excludes halogenated alkanes) is 9. The van der Waals surface area contributed by atoms with Crippen LogP contribution in [0.25, 0.3) is 0 Å². The van der Waals surface area contributed by atoms with Gasteiger partial charge in [-0.05, 0) is 62.3 Å². The fraction of sp³-hybridized carbons (Fsp3) is 0.571. The standard InChI is InChI=1S/C35H50N2O4/c1-3-4-5-6-7-8-9-10-11-12-13-14-15-16-29-17-18-31-24-36(27-40-33(31)22-29)19-20-37-25-32-21-30(26-38)23-34(39-2)35(32)41-28-37/h8-9,17-18,21-23,26H,3-7,10-16,19-20,24-25,27-28H2,1-2H3/b9-8+. The zero-order valence-electron chi connectivity index (χ0n) is 25.4. The number of methoxy groups -OCH3 is 1. The molecule has 2 aliphatic rings. The number of nitrogens with zero attached hydrogens (tertiary/aromatic N) is 2. The Kier molecular flexibility index (Phi) is 13.1. The van der Waals surface area contributed by atoms with Gasteiger partial charge in [0.05, 0.1) is 7.11 Å². The number of aldehydes is 1. The first kappa shape index (κ1) is 31.1. The third-order valence-corrected chi connectivity index (χ3v) is 8.18. The summed E-state index contributed by atoms with van der Waals surface area (Å²) in [5.74, 6) is 2.41. The Morgan fingerprint density at radius 2 is 1.49 bits per heavy atom. The number of allylic oxidation sites excluding steroid dienone is 2. The molecule has 2 aromatic rings. The van der Waals surface area contributed by atoms with Crippen LogP contribution in [-0.4, -0.2) is 49.7 Å². The van der Waals surface area contributed by atoms with Crippen molar-refractivity contribution in [2.24, 2.45) is 0 Å². The van der Waals surface area contributed by atoms with Gasteiger partial charge in [-0.3, -0.25) is 14.6 Å². The summed E-state index contributed by atoms with van der Waals surface area (Å²) in [6, 6.07) is 10.4. The maximum absolute atomic E-state index is 11.3. The highest BCUT2D eigenvalue weighted by atomic mass is 16.5. The molecule has 0 radical (unpaired) electrons. The highest BCUT2D eigenvalue weighted by molar-refractivity contribution is 5.77. The molecule has 0 amide bonds. The molecule has 0 fully saturated rings. The Hall–Kier alpha value is -2.83. The molecule has 0 N–H and O–H groups in total. The molecule has 2 aromatic carbocycles. The predicted octanol–water partition coefficient (Wildman–Crippen LogP) is 7.92. The van der Waals surface area contributed by atoms with Gasteiger partial charge >= 0.3 is 0 Å². The van der Waals surface area contributed by atoms with Gasteiger partial charge in [-0.25, -0.2) is 0 Å². The first-order valence-electron chi connectivity index (χ1n) is 15.8. The first-order chi connectivity index (χ1) is 20.2. The van der Waals surface area contributed by atoms with Gasteiger partial charge in [-0.15, -0.1) is 0 Å². The zero-order valence-corrected chi connectivity index (χ0v) is 25.4. The van der Waals surface area contributed by atoms with E-state index in [1.807, 2.05) is 6.07 Å². The zero-order chi connectivity index (χ0) is 28.7. The fourth-order valence-corrected chi connectivity index (χ4v) is 5.71. The van der Waals surface area contributed by atoms with Crippen LogP contribution in [0.3, 0.4) is 0 Å². The highest BCUT2D eigenvalue weighted by Crippen LogP contribution is 2.36. The molecule has 6 nitrogen and oxygen atoms in total. The molecule has 0 bridgehead atoms. The Labute approximate surface area is 247 Å². The van der Waals surface area contributed by atoms with E-state index in [4.69, 9.17) is 14.2 Å². The molecule has 0 saturated heterocycles. The van der Waals surface area contributed by atoms with Gasteiger partial charge in [0.15, 0.2) is 11.5 Å². The third-order valence-electron chi connectivity index (χ3n) is 8.18. The summed E-state index contributed by atoms with van der Waals surface area (Å²) in [7, 11) is 1.61. The number of rotatable bonds is 18. The fourth-order valence-electron chi connectivity index (χ4n) is 5.71. The lowest BCUT2D eigenvalue weighted by Crippen LogP contribution is -2.41. The van der Waals surface area contributed by atoms with Gasteiger partial charge < -0.3 is 14.2 Å². The van der Waals surface area contributed by atoms with Gasteiger partial charge in [0.1, 0.15) is 25.5 Å². The summed E-state index contributed by atoms with van der Waals surface area (Å²) in [5, 5.41) is 0. The first-order valence-corrected chi connectivity index (χ1v) is 15.8.